The molecule has 2 aromatic carbocycles. The molecule has 0 fully saturated rings. The van der Waals surface area contributed by atoms with E-state index in [4.69, 9.17) is 14.6 Å². The first-order valence-corrected chi connectivity index (χ1v) is 5.91. The number of benzene rings is 2. The molecule has 0 saturated carbocycles. The molecule has 2 aromatic rings. The zero-order chi connectivity index (χ0) is 13.5. The number of carbonyl (C=O) groups excluding carboxylic acids is 1. The summed E-state index contributed by atoms with van der Waals surface area (Å²) in [6, 6.07) is 16.0. The van der Waals surface area contributed by atoms with Crippen molar-refractivity contribution >= 4 is 5.97 Å². The molecule has 0 aliphatic rings. The lowest BCUT2D eigenvalue weighted by Crippen LogP contribution is -2.09. The molecule has 4 heteroatoms. The van der Waals surface area contributed by atoms with Crippen LogP contribution in [0.4, 0.5) is 0 Å². The second kappa shape index (κ2) is 6.56. The van der Waals surface area contributed by atoms with E-state index in [9.17, 15) is 4.79 Å². The van der Waals surface area contributed by atoms with E-state index in [-0.39, 0.29) is 13.2 Å². The molecule has 0 aliphatic heterocycles. The van der Waals surface area contributed by atoms with Crippen LogP contribution >= 0.6 is 0 Å². The fourth-order valence-corrected chi connectivity index (χ4v) is 1.56. The van der Waals surface area contributed by atoms with Crippen molar-refractivity contribution in [3.63, 3.8) is 0 Å². The molecule has 4 nitrogen and oxygen atoms in total. The SMILES string of the molecule is O=C(OCCO)c1ccccc1Oc1ccccc1. The first kappa shape index (κ1) is 13.1. The molecule has 0 saturated heterocycles. The highest BCUT2D eigenvalue weighted by molar-refractivity contribution is 5.92. The van der Waals surface area contributed by atoms with Gasteiger partial charge < -0.3 is 14.6 Å². The highest BCUT2D eigenvalue weighted by Gasteiger charge is 2.13. The maximum Gasteiger partial charge on any atom is 0.342 e. The van der Waals surface area contributed by atoms with E-state index in [0.29, 0.717) is 17.1 Å². The maximum atomic E-state index is 11.8. The third-order valence-electron chi connectivity index (χ3n) is 2.40. The van der Waals surface area contributed by atoms with Gasteiger partial charge in [0.05, 0.1) is 6.61 Å². The van der Waals surface area contributed by atoms with Gasteiger partial charge in [-0.2, -0.15) is 0 Å². The van der Waals surface area contributed by atoms with Gasteiger partial charge in [0.1, 0.15) is 23.7 Å². The van der Waals surface area contributed by atoms with Gasteiger partial charge in [0.25, 0.3) is 0 Å². The summed E-state index contributed by atoms with van der Waals surface area (Å²) in [5.74, 6) is 0.558. The zero-order valence-electron chi connectivity index (χ0n) is 10.3. The fourth-order valence-electron chi connectivity index (χ4n) is 1.56. The molecule has 2 rings (SSSR count). The minimum absolute atomic E-state index is 0.0293. The van der Waals surface area contributed by atoms with E-state index >= 15 is 0 Å². The Morgan fingerprint density at radius 2 is 1.68 bits per heavy atom. The van der Waals surface area contributed by atoms with Crippen molar-refractivity contribution in [3.8, 4) is 11.5 Å². The van der Waals surface area contributed by atoms with E-state index in [0.717, 1.165) is 0 Å². The lowest BCUT2D eigenvalue weighted by molar-refractivity contribution is 0.0431. The van der Waals surface area contributed by atoms with Gasteiger partial charge in [-0.05, 0) is 24.3 Å². The summed E-state index contributed by atoms with van der Waals surface area (Å²) in [6.45, 7) is -0.230. The second-order valence-corrected chi connectivity index (χ2v) is 3.77. The van der Waals surface area contributed by atoms with Crippen molar-refractivity contribution in [1.29, 1.82) is 0 Å². The number of para-hydroxylation sites is 2. The smallest absolute Gasteiger partial charge is 0.342 e. The molecular formula is C15H14O4. The molecule has 0 spiro atoms. The van der Waals surface area contributed by atoms with Gasteiger partial charge in [-0.1, -0.05) is 30.3 Å². The molecule has 0 bridgehead atoms. The summed E-state index contributed by atoms with van der Waals surface area (Å²) in [4.78, 5) is 11.8. The summed E-state index contributed by atoms with van der Waals surface area (Å²) >= 11 is 0. The summed E-state index contributed by atoms with van der Waals surface area (Å²) in [7, 11) is 0. The van der Waals surface area contributed by atoms with Crippen LogP contribution in [0.5, 0.6) is 11.5 Å². The van der Waals surface area contributed by atoms with E-state index in [1.54, 1.807) is 36.4 Å². The summed E-state index contributed by atoms with van der Waals surface area (Å²) in [6.07, 6.45) is 0. The molecule has 0 aromatic heterocycles. The monoisotopic (exact) mass is 258 g/mol. The predicted molar refractivity (Wildman–Crippen MR) is 70.3 cm³/mol. The molecule has 0 atom stereocenters. The number of hydrogen-bond donors (Lipinski definition) is 1. The third kappa shape index (κ3) is 3.56. The van der Waals surface area contributed by atoms with Crippen molar-refractivity contribution in [1.82, 2.24) is 0 Å². The van der Waals surface area contributed by atoms with Crippen molar-refractivity contribution in [2.24, 2.45) is 0 Å². The zero-order valence-corrected chi connectivity index (χ0v) is 10.3. The minimum Gasteiger partial charge on any atom is -0.460 e. The first-order chi connectivity index (χ1) is 9.31. The quantitative estimate of drug-likeness (QED) is 0.838. The summed E-state index contributed by atoms with van der Waals surface area (Å²) in [5, 5.41) is 8.66. The van der Waals surface area contributed by atoms with Crippen LogP contribution in [0.1, 0.15) is 10.4 Å². The van der Waals surface area contributed by atoms with Crippen molar-refractivity contribution < 1.29 is 19.4 Å². The third-order valence-corrected chi connectivity index (χ3v) is 2.40. The number of aliphatic hydroxyl groups excluding tert-OH is 1. The Kier molecular flexibility index (Phi) is 4.53. The van der Waals surface area contributed by atoms with Crippen LogP contribution in [-0.2, 0) is 4.74 Å². The molecule has 0 amide bonds. The van der Waals surface area contributed by atoms with Crippen molar-refractivity contribution in [3.05, 3.63) is 60.2 Å². The Bertz CT molecular complexity index is 537. The fraction of sp³-hybridized carbons (Fsp3) is 0.133. The van der Waals surface area contributed by atoms with Crippen LogP contribution < -0.4 is 4.74 Å². The van der Waals surface area contributed by atoms with Gasteiger partial charge in [-0.15, -0.1) is 0 Å². The summed E-state index contributed by atoms with van der Waals surface area (Å²) < 4.78 is 10.5. The minimum atomic E-state index is -0.513. The van der Waals surface area contributed by atoms with Crippen LogP contribution in [0, 0.1) is 0 Å². The molecule has 0 aliphatic carbocycles. The number of hydrogen-bond acceptors (Lipinski definition) is 4. The van der Waals surface area contributed by atoms with Crippen LogP contribution in [0.2, 0.25) is 0 Å². The highest BCUT2D eigenvalue weighted by Crippen LogP contribution is 2.25. The van der Waals surface area contributed by atoms with Crippen LogP contribution in [-0.4, -0.2) is 24.3 Å². The standard InChI is InChI=1S/C15H14O4/c16-10-11-18-15(17)13-8-4-5-9-14(13)19-12-6-2-1-3-7-12/h1-9,16H,10-11H2. The second-order valence-electron chi connectivity index (χ2n) is 3.77. The number of ether oxygens (including phenoxy) is 2. The van der Waals surface area contributed by atoms with Gasteiger partial charge >= 0.3 is 5.97 Å². The van der Waals surface area contributed by atoms with Crippen molar-refractivity contribution in [2.45, 2.75) is 0 Å². The maximum absolute atomic E-state index is 11.8. The highest BCUT2D eigenvalue weighted by atomic mass is 16.5. The van der Waals surface area contributed by atoms with Gasteiger partial charge in [-0.25, -0.2) is 4.79 Å². The van der Waals surface area contributed by atoms with E-state index in [1.807, 2.05) is 18.2 Å². The van der Waals surface area contributed by atoms with E-state index in [2.05, 4.69) is 0 Å². The number of aliphatic hydroxyl groups is 1. The summed E-state index contributed by atoms with van der Waals surface area (Å²) in [5.41, 5.74) is 0.333. The normalized spacial score (nSPS) is 9.95. The van der Waals surface area contributed by atoms with Crippen LogP contribution in [0.25, 0.3) is 0 Å². The van der Waals surface area contributed by atoms with Gasteiger partial charge in [0, 0.05) is 0 Å². The molecular weight excluding hydrogens is 244 g/mol. The molecule has 19 heavy (non-hydrogen) atoms. The van der Waals surface area contributed by atoms with Gasteiger partial charge in [-0.3, -0.25) is 0 Å². The van der Waals surface area contributed by atoms with Gasteiger partial charge in [0.15, 0.2) is 0 Å². The van der Waals surface area contributed by atoms with Crippen molar-refractivity contribution in [2.75, 3.05) is 13.2 Å². The average molecular weight is 258 g/mol. The van der Waals surface area contributed by atoms with Gasteiger partial charge in [0.2, 0.25) is 0 Å². The van der Waals surface area contributed by atoms with E-state index in [1.165, 1.54) is 0 Å². The molecule has 98 valence electrons. The number of rotatable bonds is 5. The largest absolute Gasteiger partial charge is 0.460 e. The van der Waals surface area contributed by atoms with E-state index < -0.39 is 5.97 Å². The Hall–Kier alpha value is -2.33. The molecule has 1 N–H and O–H groups in total. The Balaban J connectivity index is 2.19. The molecule has 0 radical (unpaired) electrons. The number of esters is 1. The Morgan fingerprint density at radius 3 is 2.42 bits per heavy atom. The topological polar surface area (TPSA) is 55.8 Å². The molecule has 0 heterocycles. The first-order valence-electron chi connectivity index (χ1n) is 5.91. The predicted octanol–water partition coefficient (Wildman–Crippen LogP) is 2.63. The lowest BCUT2D eigenvalue weighted by atomic mass is 10.2. The van der Waals surface area contributed by atoms with Crippen LogP contribution in [0.15, 0.2) is 54.6 Å². The molecule has 0 unspecified atom stereocenters. The Morgan fingerprint density at radius 1 is 1.00 bits per heavy atom. The van der Waals surface area contributed by atoms with Crippen LogP contribution in [0.3, 0.4) is 0 Å². The number of carbonyl (C=O) groups is 1. The lowest BCUT2D eigenvalue weighted by Gasteiger charge is -2.10. The Labute approximate surface area is 111 Å². The average Bonchev–Trinajstić information content (AvgIpc) is 2.46.